The number of Topliss-reactive ketones (excluding diaryl/α,β-unsaturated/α-hetero) is 1. The van der Waals surface area contributed by atoms with Gasteiger partial charge in [0.25, 0.3) is 0 Å². The molecule has 1 fully saturated rings. The topological polar surface area (TPSA) is 74.5 Å². The first kappa shape index (κ1) is 15.9. The van der Waals surface area contributed by atoms with Crippen molar-refractivity contribution in [2.45, 2.75) is 37.5 Å². The third-order valence-electron chi connectivity index (χ3n) is 3.58. The monoisotopic (exact) mass is 308 g/mol. The lowest BCUT2D eigenvalue weighted by Gasteiger charge is -2.32. The Bertz CT molecular complexity index is 509. The van der Waals surface area contributed by atoms with Crippen LogP contribution in [0.4, 0.5) is 13.2 Å². The maximum Gasteiger partial charge on any atom is 0.450 e. The summed E-state index contributed by atoms with van der Waals surface area (Å²) < 4.78 is 52.7. The van der Waals surface area contributed by atoms with Crippen LogP contribution in [-0.2, 0) is 19.9 Å². The Balaban J connectivity index is 2.23. The number of rotatable bonds is 4. The van der Waals surface area contributed by atoms with Crippen molar-refractivity contribution in [1.82, 2.24) is 10.1 Å². The van der Waals surface area contributed by atoms with Crippen LogP contribution >= 0.6 is 0 Å². The van der Waals surface area contributed by atoms with E-state index in [1.165, 1.54) is 7.11 Å². The van der Waals surface area contributed by atoms with E-state index in [2.05, 4.69) is 10.1 Å². The third kappa shape index (κ3) is 3.08. The lowest BCUT2D eigenvalue weighted by atomic mass is 9.93. The number of aromatic nitrogens is 2. The molecule has 21 heavy (non-hydrogen) atoms. The van der Waals surface area contributed by atoms with Gasteiger partial charge in [0.2, 0.25) is 17.5 Å². The van der Waals surface area contributed by atoms with E-state index < -0.39 is 23.5 Å². The predicted octanol–water partition coefficient (Wildman–Crippen LogP) is 1.96. The molecule has 0 aliphatic carbocycles. The Labute approximate surface area is 118 Å². The molecule has 1 atom stereocenters. The van der Waals surface area contributed by atoms with Crippen LogP contribution in [0.3, 0.4) is 0 Å². The van der Waals surface area contributed by atoms with Crippen molar-refractivity contribution in [1.29, 1.82) is 0 Å². The molecule has 0 saturated carbocycles. The lowest BCUT2D eigenvalue weighted by molar-refractivity contribution is -0.172. The number of carbonyl (C=O) groups is 1. The van der Waals surface area contributed by atoms with Crippen molar-refractivity contribution in [2.24, 2.45) is 0 Å². The van der Waals surface area contributed by atoms with Crippen LogP contribution in [0.25, 0.3) is 0 Å². The first-order chi connectivity index (χ1) is 9.80. The number of ether oxygens (including phenoxy) is 2. The summed E-state index contributed by atoms with van der Waals surface area (Å²) in [6.07, 6.45) is -4.01. The second kappa shape index (κ2) is 5.72. The molecule has 0 radical (unpaired) electrons. The first-order valence-electron chi connectivity index (χ1n) is 6.38. The molecule has 1 aromatic rings. The zero-order valence-electron chi connectivity index (χ0n) is 11.6. The Morgan fingerprint density at radius 2 is 2.00 bits per heavy atom. The number of ketones is 1. The second-order valence-electron chi connectivity index (χ2n) is 4.85. The van der Waals surface area contributed by atoms with Gasteiger partial charge in [0.15, 0.2) is 0 Å². The average molecular weight is 308 g/mol. The van der Waals surface area contributed by atoms with Crippen molar-refractivity contribution >= 4 is 5.78 Å². The molecule has 9 heteroatoms. The molecule has 2 rings (SSSR count). The molecule has 0 amide bonds. The SMILES string of the molecule is COC1(c2noc(C(C)C(=O)C(F)(F)F)n2)CCOCC1. The Morgan fingerprint density at radius 1 is 1.38 bits per heavy atom. The summed E-state index contributed by atoms with van der Waals surface area (Å²) in [6, 6.07) is 0. The highest BCUT2D eigenvalue weighted by atomic mass is 19.4. The van der Waals surface area contributed by atoms with Crippen molar-refractivity contribution in [3.63, 3.8) is 0 Å². The molecule has 1 aromatic heterocycles. The number of carbonyl (C=O) groups excluding carboxylic acids is 1. The van der Waals surface area contributed by atoms with Gasteiger partial charge in [-0.1, -0.05) is 5.16 Å². The van der Waals surface area contributed by atoms with E-state index in [4.69, 9.17) is 14.0 Å². The van der Waals surface area contributed by atoms with Crippen LogP contribution in [0.5, 0.6) is 0 Å². The van der Waals surface area contributed by atoms with Gasteiger partial charge >= 0.3 is 6.18 Å². The minimum atomic E-state index is -4.94. The lowest BCUT2D eigenvalue weighted by Crippen LogP contribution is -2.36. The fourth-order valence-electron chi connectivity index (χ4n) is 2.17. The number of hydrogen-bond donors (Lipinski definition) is 0. The molecule has 0 bridgehead atoms. The minimum absolute atomic E-state index is 0.144. The van der Waals surface area contributed by atoms with Gasteiger partial charge in [0.05, 0.1) is 0 Å². The Hall–Kier alpha value is -1.48. The summed E-state index contributed by atoms with van der Waals surface area (Å²) in [5.41, 5.74) is -0.846. The number of alkyl halides is 3. The molecule has 0 aromatic carbocycles. The highest BCUT2D eigenvalue weighted by molar-refractivity contribution is 5.89. The maximum atomic E-state index is 12.4. The van der Waals surface area contributed by atoms with Gasteiger partial charge in [0.1, 0.15) is 11.5 Å². The zero-order chi connectivity index (χ0) is 15.7. The molecular weight excluding hydrogens is 293 g/mol. The molecule has 118 valence electrons. The molecular formula is C12H15F3N2O4. The van der Waals surface area contributed by atoms with Crippen LogP contribution in [0.15, 0.2) is 4.52 Å². The van der Waals surface area contributed by atoms with Gasteiger partial charge < -0.3 is 14.0 Å². The van der Waals surface area contributed by atoms with Crippen molar-refractivity contribution in [2.75, 3.05) is 20.3 Å². The normalized spacial score (nSPS) is 20.2. The summed E-state index contributed by atoms with van der Waals surface area (Å²) in [4.78, 5) is 15.1. The van der Waals surface area contributed by atoms with E-state index in [0.29, 0.717) is 26.1 Å². The van der Waals surface area contributed by atoms with E-state index in [0.717, 1.165) is 6.92 Å². The number of halogens is 3. The first-order valence-corrected chi connectivity index (χ1v) is 6.38. The summed E-state index contributed by atoms with van der Waals surface area (Å²) in [5.74, 6) is -3.68. The van der Waals surface area contributed by atoms with Crippen molar-refractivity contribution in [3.05, 3.63) is 11.7 Å². The van der Waals surface area contributed by atoms with Crippen LogP contribution in [0.2, 0.25) is 0 Å². The molecule has 1 saturated heterocycles. The molecule has 0 N–H and O–H groups in total. The quantitative estimate of drug-likeness (QED) is 0.846. The highest BCUT2D eigenvalue weighted by Crippen LogP contribution is 2.35. The van der Waals surface area contributed by atoms with Gasteiger partial charge in [-0.2, -0.15) is 18.2 Å². The standard InChI is InChI=1S/C12H15F3N2O4/c1-7(8(18)12(13,14)15)9-16-10(17-21-9)11(19-2)3-5-20-6-4-11/h7H,3-6H2,1-2H3. The molecule has 2 heterocycles. The molecule has 1 aliphatic heterocycles. The van der Waals surface area contributed by atoms with Crippen molar-refractivity contribution in [3.8, 4) is 0 Å². The average Bonchev–Trinajstić information content (AvgIpc) is 2.95. The highest BCUT2D eigenvalue weighted by Gasteiger charge is 2.45. The van der Waals surface area contributed by atoms with Gasteiger partial charge in [0, 0.05) is 33.2 Å². The van der Waals surface area contributed by atoms with Crippen molar-refractivity contribution < 1.29 is 32.0 Å². The van der Waals surface area contributed by atoms with Crippen LogP contribution < -0.4 is 0 Å². The second-order valence-corrected chi connectivity index (χ2v) is 4.85. The fourth-order valence-corrected chi connectivity index (χ4v) is 2.17. The van der Waals surface area contributed by atoms with E-state index >= 15 is 0 Å². The number of hydrogen-bond acceptors (Lipinski definition) is 6. The molecule has 6 nitrogen and oxygen atoms in total. The maximum absolute atomic E-state index is 12.4. The smallest absolute Gasteiger partial charge is 0.381 e. The van der Waals surface area contributed by atoms with E-state index in [1.54, 1.807) is 0 Å². The number of nitrogens with zero attached hydrogens (tertiary/aromatic N) is 2. The van der Waals surface area contributed by atoms with Crippen LogP contribution in [-0.4, -0.2) is 42.4 Å². The number of methoxy groups -OCH3 is 1. The van der Waals surface area contributed by atoms with Crippen LogP contribution in [0, 0.1) is 0 Å². The molecule has 1 aliphatic rings. The van der Waals surface area contributed by atoms with E-state index in [-0.39, 0.29) is 11.7 Å². The van der Waals surface area contributed by atoms with Crippen LogP contribution in [0.1, 0.15) is 37.4 Å². The Kier molecular flexibility index (Phi) is 4.33. The zero-order valence-corrected chi connectivity index (χ0v) is 11.6. The predicted molar refractivity (Wildman–Crippen MR) is 62.5 cm³/mol. The summed E-state index contributed by atoms with van der Waals surface area (Å²) >= 11 is 0. The fraction of sp³-hybridized carbons (Fsp3) is 0.750. The largest absolute Gasteiger partial charge is 0.450 e. The minimum Gasteiger partial charge on any atom is -0.381 e. The van der Waals surface area contributed by atoms with Gasteiger partial charge in [-0.3, -0.25) is 4.79 Å². The van der Waals surface area contributed by atoms with Gasteiger partial charge in [-0.05, 0) is 6.92 Å². The molecule has 1 unspecified atom stereocenters. The summed E-state index contributed by atoms with van der Waals surface area (Å²) in [7, 11) is 1.46. The Morgan fingerprint density at radius 3 is 2.52 bits per heavy atom. The summed E-state index contributed by atoms with van der Waals surface area (Å²) in [6.45, 7) is 1.93. The van der Waals surface area contributed by atoms with Gasteiger partial charge in [-0.15, -0.1) is 0 Å². The summed E-state index contributed by atoms with van der Waals surface area (Å²) in [5, 5.41) is 3.68. The van der Waals surface area contributed by atoms with E-state index in [1.807, 2.05) is 0 Å². The third-order valence-corrected chi connectivity index (χ3v) is 3.58. The van der Waals surface area contributed by atoms with Gasteiger partial charge in [-0.25, -0.2) is 0 Å². The van der Waals surface area contributed by atoms with E-state index in [9.17, 15) is 18.0 Å². The molecule has 0 spiro atoms.